The van der Waals surface area contributed by atoms with E-state index in [0.29, 0.717) is 5.92 Å². The van der Waals surface area contributed by atoms with E-state index in [1.165, 1.54) is 5.56 Å². The lowest BCUT2D eigenvalue weighted by Gasteiger charge is -2.40. The molecular formula is C13H16BrN5S. The summed E-state index contributed by atoms with van der Waals surface area (Å²) in [7, 11) is 0. The van der Waals surface area contributed by atoms with E-state index >= 15 is 0 Å². The number of aromatic nitrogens is 4. The molecule has 0 spiro atoms. The van der Waals surface area contributed by atoms with Crippen LogP contribution in [0, 0.1) is 12.8 Å². The van der Waals surface area contributed by atoms with Crippen molar-refractivity contribution < 1.29 is 0 Å². The van der Waals surface area contributed by atoms with Crippen LogP contribution in [0.3, 0.4) is 0 Å². The summed E-state index contributed by atoms with van der Waals surface area (Å²) in [6.07, 6.45) is 7.82. The molecule has 1 saturated heterocycles. The quantitative estimate of drug-likeness (QED) is 0.624. The maximum atomic E-state index is 4.57. The minimum Gasteiger partial charge on any atom is -0.355 e. The lowest BCUT2D eigenvalue weighted by Crippen LogP contribution is -2.49. The first-order chi connectivity index (χ1) is 9.65. The summed E-state index contributed by atoms with van der Waals surface area (Å²) < 4.78 is 2.99. The first-order valence-corrected chi connectivity index (χ1v) is 8.48. The molecule has 0 atom stereocenters. The van der Waals surface area contributed by atoms with Gasteiger partial charge in [0.1, 0.15) is 5.82 Å². The molecule has 7 heteroatoms. The van der Waals surface area contributed by atoms with Gasteiger partial charge in [0.2, 0.25) is 0 Å². The average Bonchev–Trinajstić information content (AvgIpc) is 2.80. The van der Waals surface area contributed by atoms with Crippen LogP contribution in [0.25, 0.3) is 0 Å². The van der Waals surface area contributed by atoms with Crippen LogP contribution in [-0.4, -0.2) is 39.1 Å². The predicted molar refractivity (Wildman–Crippen MR) is 84.2 cm³/mol. The minimum atomic E-state index is 0.633. The van der Waals surface area contributed by atoms with Gasteiger partial charge in [0.05, 0.1) is 10.7 Å². The van der Waals surface area contributed by atoms with Crippen molar-refractivity contribution in [3.63, 3.8) is 0 Å². The van der Waals surface area contributed by atoms with Gasteiger partial charge in [-0.2, -0.15) is 5.10 Å². The van der Waals surface area contributed by atoms with Gasteiger partial charge in [0.15, 0.2) is 5.16 Å². The molecule has 5 nitrogen and oxygen atoms in total. The Kier molecular flexibility index (Phi) is 3.98. The maximum absolute atomic E-state index is 4.57. The zero-order valence-electron chi connectivity index (χ0n) is 11.5. The number of rotatable bonds is 4. The first-order valence-electron chi connectivity index (χ1n) is 6.46. The molecule has 0 saturated carbocycles. The molecule has 3 heterocycles. The molecule has 2 aromatic rings. The van der Waals surface area contributed by atoms with E-state index in [0.717, 1.165) is 35.1 Å². The van der Waals surface area contributed by atoms with Crippen molar-refractivity contribution in [2.24, 2.45) is 5.92 Å². The summed E-state index contributed by atoms with van der Waals surface area (Å²) in [6, 6.07) is 0. The fraction of sp³-hybridized carbons (Fsp3) is 0.462. The number of anilines is 1. The molecule has 1 aliphatic heterocycles. The Labute approximate surface area is 130 Å². The Morgan fingerprint density at radius 2 is 2.20 bits per heavy atom. The van der Waals surface area contributed by atoms with Gasteiger partial charge >= 0.3 is 0 Å². The second kappa shape index (κ2) is 5.73. The Morgan fingerprint density at radius 3 is 2.85 bits per heavy atom. The maximum Gasteiger partial charge on any atom is 0.189 e. The van der Waals surface area contributed by atoms with Crippen molar-refractivity contribution in [3.05, 3.63) is 28.6 Å². The second-order valence-corrected chi connectivity index (χ2v) is 6.67. The Morgan fingerprint density at radius 1 is 1.40 bits per heavy atom. The number of hydrogen-bond acceptors (Lipinski definition) is 5. The van der Waals surface area contributed by atoms with E-state index in [-0.39, 0.29) is 0 Å². The molecule has 0 bridgehead atoms. The summed E-state index contributed by atoms with van der Waals surface area (Å²) >= 11 is 5.10. The molecular weight excluding hydrogens is 338 g/mol. The lowest BCUT2D eigenvalue weighted by molar-refractivity contribution is 0.339. The van der Waals surface area contributed by atoms with Gasteiger partial charge in [-0.1, -0.05) is 11.8 Å². The lowest BCUT2D eigenvalue weighted by atomic mass is 10.0. The molecule has 0 aliphatic carbocycles. The van der Waals surface area contributed by atoms with Gasteiger partial charge in [-0.3, -0.25) is 4.68 Å². The highest BCUT2D eigenvalue weighted by molar-refractivity contribution is 9.10. The first kappa shape index (κ1) is 13.9. The fourth-order valence-corrected chi connectivity index (χ4v) is 3.13. The number of nitrogens with zero attached hydrogens (tertiary/aromatic N) is 5. The van der Waals surface area contributed by atoms with Crippen molar-refractivity contribution in [3.8, 4) is 0 Å². The van der Waals surface area contributed by atoms with Crippen LogP contribution in [0.5, 0.6) is 0 Å². The van der Waals surface area contributed by atoms with E-state index < -0.39 is 0 Å². The van der Waals surface area contributed by atoms with Crippen molar-refractivity contribution in [2.45, 2.75) is 18.6 Å². The third kappa shape index (κ3) is 2.83. The summed E-state index contributed by atoms with van der Waals surface area (Å²) in [4.78, 5) is 11.1. The Bertz CT molecular complexity index is 609. The molecule has 2 aromatic heterocycles. The summed E-state index contributed by atoms with van der Waals surface area (Å²) in [6.45, 7) is 5.08. The molecule has 0 aromatic carbocycles. The van der Waals surface area contributed by atoms with Crippen LogP contribution in [0.15, 0.2) is 28.2 Å². The van der Waals surface area contributed by atoms with Crippen LogP contribution in [-0.2, 0) is 6.54 Å². The molecule has 106 valence electrons. The highest BCUT2D eigenvalue weighted by Gasteiger charge is 2.29. The van der Waals surface area contributed by atoms with Gasteiger partial charge < -0.3 is 4.90 Å². The van der Waals surface area contributed by atoms with E-state index in [1.807, 2.05) is 23.3 Å². The van der Waals surface area contributed by atoms with Crippen molar-refractivity contribution >= 4 is 33.5 Å². The smallest absolute Gasteiger partial charge is 0.189 e. The van der Waals surface area contributed by atoms with E-state index in [9.17, 15) is 0 Å². The zero-order chi connectivity index (χ0) is 14.1. The molecule has 1 aliphatic rings. The SMILES string of the molecule is CSc1ncc(Br)c(N2CC(Cn3cc(C)cn3)C2)n1. The van der Waals surface area contributed by atoms with E-state index in [1.54, 1.807) is 11.8 Å². The van der Waals surface area contributed by atoms with E-state index in [2.05, 4.69) is 49.0 Å². The van der Waals surface area contributed by atoms with Crippen LogP contribution in [0.2, 0.25) is 0 Å². The Hall–Kier alpha value is -1.08. The topological polar surface area (TPSA) is 46.8 Å². The summed E-state index contributed by atoms with van der Waals surface area (Å²) in [5.74, 6) is 1.63. The molecule has 0 amide bonds. The van der Waals surface area contributed by atoms with E-state index in [4.69, 9.17) is 0 Å². The second-order valence-electron chi connectivity index (χ2n) is 5.04. The molecule has 0 N–H and O–H groups in total. The largest absolute Gasteiger partial charge is 0.355 e. The van der Waals surface area contributed by atoms with Crippen molar-refractivity contribution in [2.75, 3.05) is 24.2 Å². The molecule has 0 radical (unpaired) electrons. The van der Waals surface area contributed by atoms with Gasteiger partial charge in [-0.05, 0) is 34.7 Å². The summed E-state index contributed by atoms with van der Waals surface area (Å²) in [5.41, 5.74) is 1.21. The third-order valence-electron chi connectivity index (χ3n) is 3.35. The molecule has 20 heavy (non-hydrogen) atoms. The number of thioether (sulfide) groups is 1. The highest BCUT2D eigenvalue weighted by Crippen LogP contribution is 2.31. The number of aryl methyl sites for hydroxylation is 1. The summed E-state index contributed by atoms with van der Waals surface area (Å²) in [5, 5.41) is 5.15. The standard InChI is InChI=1S/C13H16BrN5S/c1-9-3-16-19(5-9)8-10-6-18(7-10)12-11(14)4-15-13(17-12)20-2/h3-5,10H,6-8H2,1-2H3. The van der Waals surface area contributed by atoms with Gasteiger partial charge in [-0.25, -0.2) is 9.97 Å². The van der Waals surface area contributed by atoms with Gasteiger partial charge in [0.25, 0.3) is 0 Å². The fourth-order valence-electron chi connectivity index (χ4n) is 2.35. The van der Waals surface area contributed by atoms with Crippen LogP contribution < -0.4 is 4.90 Å². The molecule has 3 rings (SSSR count). The normalized spacial score (nSPS) is 15.4. The number of hydrogen-bond donors (Lipinski definition) is 0. The van der Waals surface area contributed by atoms with Gasteiger partial charge in [0, 0.05) is 37.9 Å². The third-order valence-corrected chi connectivity index (χ3v) is 4.47. The minimum absolute atomic E-state index is 0.633. The van der Waals surface area contributed by atoms with Crippen LogP contribution in [0.1, 0.15) is 5.56 Å². The molecule has 1 fully saturated rings. The monoisotopic (exact) mass is 353 g/mol. The van der Waals surface area contributed by atoms with Crippen molar-refractivity contribution in [1.29, 1.82) is 0 Å². The van der Waals surface area contributed by atoms with Crippen molar-refractivity contribution in [1.82, 2.24) is 19.7 Å². The zero-order valence-corrected chi connectivity index (χ0v) is 13.9. The average molecular weight is 354 g/mol. The Balaban J connectivity index is 1.62. The number of halogens is 1. The van der Waals surface area contributed by atoms with Crippen LogP contribution in [0.4, 0.5) is 5.82 Å². The molecule has 0 unspecified atom stereocenters. The highest BCUT2D eigenvalue weighted by atomic mass is 79.9. The van der Waals surface area contributed by atoms with Crippen LogP contribution >= 0.6 is 27.7 Å². The van der Waals surface area contributed by atoms with Gasteiger partial charge in [-0.15, -0.1) is 0 Å². The predicted octanol–water partition coefficient (Wildman–Crippen LogP) is 2.60.